The van der Waals surface area contributed by atoms with Gasteiger partial charge in [-0.2, -0.15) is 0 Å². The molecule has 124 valence electrons. The summed E-state index contributed by atoms with van der Waals surface area (Å²) in [6.45, 7) is 1.97. The average Bonchev–Trinajstić information content (AvgIpc) is 2.43. The minimum absolute atomic E-state index is 0.102. The Kier molecular flexibility index (Phi) is 5.55. The van der Waals surface area contributed by atoms with Gasteiger partial charge in [0, 0.05) is 12.6 Å². The van der Waals surface area contributed by atoms with Crippen molar-refractivity contribution in [3.8, 4) is 0 Å². The van der Waals surface area contributed by atoms with E-state index < -0.39 is 48.9 Å². The normalized spacial score (nSPS) is 51.9. The molecule has 9 atom stereocenters. The third kappa shape index (κ3) is 3.54. The fourth-order valence-corrected chi connectivity index (χ4v) is 3.07. The van der Waals surface area contributed by atoms with Gasteiger partial charge < -0.3 is 42.0 Å². The van der Waals surface area contributed by atoms with Gasteiger partial charge in [-0.15, -0.1) is 0 Å². The van der Waals surface area contributed by atoms with Crippen molar-refractivity contribution in [1.82, 2.24) is 0 Å². The molecule has 1 aliphatic heterocycles. The van der Waals surface area contributed by atoms with E-state index in [2.05, 4.69) is 0 Å². The maximum atomic E-state index is 10.1. The SMILES string of the molecule is C[C@@H]1C[C@H](N)[C@@H](O[C@H]2O[C@H](CN)[C@@H](O)C[C@H]2N)[C@H](O)[C@H]1O. The zero-order valence-corrected chi connectivity index (χ0v) is 12.2. The predicted octanol–water partition coefficient (Wildman–Crippen LogP) is -2.78. The number of hydrogen-bond donors (Lipinski definition) is 6. The third-order valence-electron chi connectivity index (χ3n) is 4.46. The van der Waals surface area contributed by atoms with Crippen molar-refractivity contribution in [1.29, 1.82) is 0 Å². The summed E-state index contributed by atoms with van der Waals surface area (Å²) in [6, 6.07) is -0.962. The molecule has 2 rings (SSSR count). The lowest BCUT2D eigenvalue weighted by Crippen LogP contribution is -2.61. The van der Waals surface area contributed by atoms with Crippen LogP contribution in [0.5, 0.6) is 0 Å². The van der Waals surface area contributed by atoms with Crippen molar-refractivity contribution < 1.29 is 24.8 Å². The first-order valence-corrected chi connectivity index (χ1v) is 7.41. The van der Waals surface area contributed by atoms with Gasteiger partial charge in [-0.1, -0.05) is 6.92 Å². The van der Waals surface area contributed by atoms with Crippen LogP contribution < -0.4 is 17.2 Å². The van der Waals surface area contributed by atoms with Gasteiger partial charge in [-0.25, -0.2) is 0 Å². The summed E-state index contributed by atoms with van der Waals surface area (Å²) in [5.74, 6) is -0.102. The molecule has 0 radical (unpaired) electrons. The molecule has 8 nitrogen and oxygen atoms in total. The maximum absolute atomic E-state index is 10.1. The zero-order valence-electron chi connectivity index (χ0n) is 12.2. The minimum Gasteiger partial charge on any atom is -0.390 e. The molecule has 2 fully saturated rings. The molecule has 0 aromatic rings. The molecule has 8 heteroatoms. The Morgan fingerprint density at radius 1 is 1.10 bits per heavy atom. The molecule has 0 amide bonds. The predicted molar refractivity (Wildman–Crippen MR) is 75.0 cm³/mol. The van der Waals surface area contributed by atoms with E-state index in [9.17, 15) is 15.3 Å². The van der Waals surface area contributed by atoms with E-state index in [-0.39, 0.29) is 12.5 Å². The smallest absolute Gasteiger partial charge is 0.173 e. The molecule has 1 aliphatic carbocycles. The van der Waals surface area contributed by atoms with E-state index in [1.54, 1.807) is 0 Å². The number of aliphatic hydroxyl groups excluding tert-OH is 3. The Hall–Kier alpha value is -0.320. The molecule has 1 heterocycles. The molecule has 0 spiro atoms. The lowest BCUT2D eigenvalue weighted by Gasteiger charge is -2.44. The van der Waals surface area contributed by atoms with Crippen LogP contribution in [0.15, 0.2) is 0 Å². The summed E-state index contributed by atoms with van der Waals surface area (Å²) < 4.78 is 11.3. The monoisotopic (exact) mass is 305 g/mol. The Bertz CT molecular complexity index is 348. The van der Waals surface area contributed by atoms with Gasteiger partial charge in [0.15, 0.2) is 6.29 Å². The van der Waals surface area contributed by atoms with Crippen LogP contribution in [0.1, 0.15) is 19.8 Å². The standard InChI is InChI=1S/C13H27N3O5/c1-5-2-6(15)12(11(19)10(5)18)21-13-7(16)3-8(17)9(4-14)20-13/h5-13,17-19H,2-4,14-16H2,1H3/t5-,6+,7-,8+,9-,10+,11-,12-,13-/m1/s1. The van der Waals surface area contributed by atoms with E-state index in [1.165, 1.54) is 0 Å². The zero-order chi connectivity index (χ0) is 15.7. The Labute approximate surface area is 124 Å². The number of ether oxygens (including phenoxy) is 2. The van der Waals surface area contributed by atoms with Gasteiger partial charge in [0.05, 0.1) is 24.4 Å². The molecular formula is C13H27N3O5. The summed E-state index contributed by atoms with van der Waals surface area (Å²) in [4.78, 5) is 0. The van der Waals surface area contributed by atoms with Crippen molar-refractivity contribution in [3.63, 3.8) is 0 Å². The molecule has 9 N–H and O–H groups in total. The van der Waals surface area contributed by atoms with Crippen LogP contribution in [-0.4, -0.2) is 70.8 Å². The third-order valence-corrected chi connectivity index (χ3v) is 4.46. The highest BCUT2D eigenvalue weighted by Crippen LogP contribution is 2.29. The lowest BCUT2D eigenvalue weighted by molar-refractivity contribution is -0.270. The van der Waals surface area contributed by atoms with E-state index in [0.717, 1.165) is 0 Å². The molecule has 1 saturated carbocycles. The van der Waals surface area contributed by atoms with Crippen LogP contribution >= 0.6 is 0 Å². The summed E-state index contributed by atoms with van der Waals surface area (Å²) in [5, 5.41) is 29.9. The summed E-state index contributed by atoms with van der Waals surface area (Å²) >= 11 is 0. The second-order valence-electron chi connectivity index (χ2n) is 6.20. The van der Waals surface area contributed by atoms with Gasteiger partial charge in [-0.05, 0) is 18.8 Å². The number of rotatable bonds is 3. The fourth-order valence-electron chi connectivity index (χ4n) is 3.07. The molecule has 1 saturated heterocycles. The summed E-state index contributed by atoms with van der Waals surface area (Å²) in [6.07, 6.45) is -4.03. The number of nitrogens with two attached hydrogens (primary N) is 3. The summed E-state index contributed by atoms with van der Waals surface area (Å²) in [5.41, 5.74) is 17.5. The van der Waals surface area contributed by atoms with Crippen molar-refractivity contribution in [2.75, 3.05) is 6.54 Å². The maximum Gasteiger partial charge on any atom is 0.173 e. The molecule has 0 aromatic carbocycles. The highest BCUT2D eigenvalue weighted by molar-refractivity contribution is 4.95. The van der Waals surface area contributed by atoms with Crippen LogP contribution in [0.4, 0.5) is 0 Å². The van der Waals surface area contributed by atoms with Gasteiger partial charge in [0.25, 0.3) is 0 Å². The molecular weight excluding hydrogens is 278 g/mol. The first-order chi connectivity index (χ1) is 9.85. The number of aliphatic hydroxyl groups is 3. The van der Waals surface area contributed by atoms with Gasteiger partial charge in [0.2, 0.25) is 0 Å². The second kappa shape index (κ2) is 6.84. The van der Waals surface area contributed by atoms with Gasteiger partial charge in [-0.3, -0.25) is 0 Å². The lowest BCUT2D eigenvalue weighted by atomic mass is 9.81. The van der Waals surface area contributed by atoms with Crippen LogP contribution in [0, 0.1) is 5.92 Å². The van der Waals surface area contributed by atoms with Crippen molar-refractivity contribution in [3.05, 3.63) is 0 Å². The van der Waals surface area contributed by atoms with E-state index in [1.807, 2.05) is 6.92 Å². The molecule has 0 unspecified atom stereocenters. The Balaban J connectivity index is 2.02. The Morgan fingerprint density at radius 2 is 1.76 bits per heavy atom. The highest BCUT2D eigenvalue weighted by Gasteiger charge is 2.44. The second-order valence-corrected chi connectivity index (χ2v) is 6.20. The van der Waals surface area contributed by atoms with Gasteiger partial charge >= 0.3 is 0 Å². The summed E-state index contributed by atoms with van der Waals surface area (Å²) in [7, 11) is 0. The quantitative estimate of drug-likeness (QED) is 0.327. The van der Waals surface area contributed by atoms with Crippen LogP contribution in [0.25, 0.3) is 0 Å². The van der Waals surface area contributed by atoms with E-state index in [0.29, 0.717) is 12.8 Å². The van der Waals surface area contributed by atoms with Crippen LogP contribution in [0.2, 0.25) is 0 Å². The minimum atomic E-state index is -1.09. The van der Waals surface area contributed by atoms with Crippen molar-refractivity contribution in [2.45, 2.75) is 68.7 Å². The molecule has 21 heavy (non-hydrogen) atoms. The highest BCUT2D eigenvalue weighted by atomic mass is 16.7. The van der Waals surface area contributed by atoms with E-state index >= 15 is 0 Å². The molecule has 0 aromatic heterocycles. The van der Waals surface area contributed by atoms with Gasteiger partial charge in [0.1, 0.15) is 12.2 Å². The average molecular weight is 305 g/mol. The molecule has 2 aliphatic rings. The fraction of sp³-hybridized carbons (Fsp3) is 1.00. The topological polar surface area (TPSA) is 157 Å². The first kappa shape index (κ1) is 17.0. The Morgan fingerprint density at radius 3 is 2.38 bits per heavy atom. The van der Waals surface area contributed by atoms with Crippen molar-refractivity contribution >= 4 is 0 Å². The van der Waals surface area contributed by atoms with Crippen molar-refractivity contribution in [2.24, 2.45) is 23.1 Å². The number of hydrogen-bond acceptors (Lipinski definition) is 8. The molecule has 0 bridgehead atoms. The van der Waals surface area contributed by atoms with E-state index in [4.69, 9.17) is 26.7 Å². The first-order valence-electron chi connectivity index (χ1n) is 7.41. The largest absolute Gasteiger partial charge is 0.390 e. The van der Waals surface area contributed by atoms with Crippen LogP contribution in [-0.2, 0) is 9.47 Å². The van der Waals surface area contributed by atoms with Crippen LogP contribution in [0.3, 0.4) is 0 Å².